The number of ether oxygens (including phenoxy) is 2. The van der Waals surface area contributed by atoms with Crippen LogP contribution < -0.4 is 0 Å². The number of esters is 2. The lowest BCUT2D eigenvalue weighted by Crippen LogP contribution is -2.44. The molecule has 1 N–H and O–H groups in total. The first-order valence-corrected chi connectivity index (χ1v) is 8.75. The first kappa shape index (κ1) is 20.1. The summed E-state index contributed by atoms with van der Waals surface area (Å²) >= 11 is 0. The van der Waals surface area contributed by atoms with Gasteiger partial charge in [0.2, 0.25) is 0 Å². The third-order valence-corrected chi connectivity index (χ3v) is 5.05. The van der Waals surface area contributed by atoms with E-state index in [0.29, 0.717) is 12.0 Å². The van der Waals surface area contributed by atoms with E-state index in [9.17, 15) is 19.5 Å². The minimum atomic E-state index is -1.74. The molecule has 0 radical (unpaired) electrons. The lowest BCUT2D eigenvalue weighted by molar-refractivity contribution is -0.155. The van der Waals surface area contributed by atoms with Crippen molar-refractivity contribution in [2.75, 3.05) is 0 Å². The lowest BCUT2D eigenvalue weighted by Gasteiger charge is -2.33. The molecule has 0 amide bonds. The van der Waals surface area contributed by atoms with Crippen LogP contribution in [0.25, 0.3) is 0 Å². The standard InChI is InChI=1S/C20H26O6/c1-6-12(3)18(22)26-15-10-20(5,24)16(21)8-7-11(2)9-14-17(15)13(4)19(23)25-14/h6-8,11,14-15,17,24H,4,9-10H2,1-3,5H3/b8-7-,12-6-/t11-,14+,15+,17-,20+/m0/s1. The molecule has 0 aromatic carbocycles. The zero-order valence-electron chi connectivity index (χ0n) is 15.7. The number of fused-ring (bicyclic) bond motifs is 1. The van der Waals surface area contributed by atoms with Crippen LogP contribution in [0.15, 0.2) is 36.0 Å². The number of ketones is 1. The fourth-order valence-electron chi connectivity index (χ4n) is 3.26. The third-order valence-electron chi connectivity index (χ3n) is 5.05. The summed E-state index contributed by atoms with van der Waals surface area (Å²) in [5.74, 6) is -2.24. The minimum Gasteiger partial charge on any atom is -0.458 e. The fourth-order valence-corrected chi connectivity index (χ4v) is 3.26. The highest BCUT2D eigenvalue weighted by atomic mass is 16.6. The Hall–Kier alpha value is -2.21. The van der Waals surface area contributed by atoms with Crippen molar-refractivity contribution >= 4 is 17.7 Å². The number of hydrogen-bond donors (Lipinski definition) is 1. The molecule has 1 aliphatic carbocycles. The van der Waals surface area contributed by atoms with E-state index < -0.39 is 41.4 Å². The highest BCUT2D eigenvalue weighted by molar-refractivity contribution is 5.97. The zero-order chi connectivity index (χ0) is 19.6. The number of aliphatic hydroxyl groups is 1. The van der Waals surface area contributed by atoms with Gasteiger partial charge in [-0.2, -0.15) is 0 Å². The van der Waals surface area contributed by atoms with Crippen LogP contribution >= 0.6 is 0 Å². The summed E-state index contributed by atoms with van der Waals surface area (Å²) in [6.45, 7) is 10.4. The van der Waals surface area contributed by atoms with Crippen LogP contribution in [-0.2, 0) is 23.9 Å². The second kappa shape index (κ2) is 7.58. The maximum atomic E-state index is 12.3. The maximum Gasteiger partial charge on any atom is 0.334 e. The third kappa shape index (κ3) is 4.12. The van der Waals surface area contributed by atoms with Gasteiger partial charge in [-0.15, -0.1) is 0 Å². The van der Waals surface area contributed by atoms with E-state index in [0.717, 1.165) is 0 Å². The van der Waals surface area contributed by atoms with Crippen molar-refractivity contribution in [3.63, 3.8) is 0 Å². The number of rotatable bonds is 2. The molecule has 1 heterocycles. The summed E-state index contributed by atoms with van der Waals surface area (Å²) in [6, 6.07) is 0. The minimum absolute atomic E-state index is 0.0623. The molecular weight excluding hydrogens is 336 g/mol. The van der Waals surface area contributed by atoms with Crippen molar-refractivity contribution in [2.24, 2.45) is 11.8 Å². The fraction of sp³-hybridized carbons (Fsp3) is 0.550. The highest BCUT2D eigenvalue weighted by Crippen LogP contribution is 2.38. The second-order valence-electron chi connectivity index (χ2n) is 7.32. The Kier molecular flexibility index (Phi) is 5.86. The number of carbonyl (C=O) groups excluding carboxylic acids is 3. The molecule has 0 unspecified atom stereocenters. The average molecular weight is 362 g/mol. The molecule has 6 heteroatoms. The molecule has 1 fully saturated rings. The van der Waals surface area contributed by atoms with Crippen LogP contribution in [0, 0.1) is 11.8 Å². The molecule has 2 rings (SSSR count). The number of carbonyl (C=O) groups is 3. The van der Waals surface area contributed by atoms with Crippen LogP contribution in [-0.4, -0.2) is 40.6 Å². The Balaban J connectivity index is 2.45. The Morgan fingerprint density at radius 3 is 2.73 bits per heavy atom. The predicted octanol–water partition coefficient (Wildman–Crippen LogP) is 2.27. The lowest BCUT2D eigenvalue weighted by atomic mass is 9.79. The Bertz CT molecular complexity index is 684. The van der Waals surface area contributed by atoms with Crippen molar-refractivity contribution in [3.8, 4) is 0 Å². The summed E-state index contributed by atoms with van der Waals surface area (Å²) in [4.78, 5) is 36.7. The van der Waals surface area contributed by atoms with Gasteiger partial charge in [0.1, 0.15) is 17.8 Å². The molecular formula is C20H26O6. The van der Waals surface area contributed by atoms with E-state index >= 15 is 0 Å². The van der Waals surface area contributed by atoms with E-state index in [1.807, 2.05) is 6.92 Å². The largest absolute Gasteiger partial charge is 0.458 e. The molecule has 26 heavy (non-hydrogen) atoms. The van der Waals surface area contributed by atoms with Gasteiger partial charge in [0, 0.05) is 17.6 Å². The molecule has 0 aromatic heterocycles. The van der Waals surface area contributed by atoms with Gasteiger partial charge < -0.3 is 14.6 Å². The maximum absolute atomic E-state index is 12.3. The Morgan fingerprint density at radius 1 is 1.46 bits per heavy atom. The van der Waals surface area contributed by atoms with E-state index in [-0.39, 0.29) is 17.9 Å². The molecule has 0 spiro atoms. The number of hydrogen-bond acceptors (Lipinski definition) is 6. The monoisotopic (exact) mass is 362 g/mol. The van der Waals surface area contributed by atoms with Crippen LogP contribution in [0.4, 0.5) is 0 Å². The molecule has 1 aliphatic heterocycles. The predicted molar refractivity (Wildman–Crippen MR) is 95.0 cm³/mol. The Morgan fingerprint density at radius 2 is 2.12 bits per heavy atom. The van der Waals surface area contributed by atoms with Gasteiger partial charge >= 0.3 is 11.9 Å². The van der Waals surface area contributed by atoms with E-state index in [2.05, 4.69) is 6.58 Å². The van der Waals surface area contributed by atoms with E-state index in [4.69, 9.17) is 9.47 Å². The summed E-state index contributed by atoms with van der Waals surface area (Å²) in [7, 11) is 0. The van der Waals surface area contributed by atoms with E-state index in [1.54, 1.807) is 26.0 Å². The molecule has 0 aromatic rings. The topological polar surface area (TPSA) is 89.9 Å². The zero-order valence-corrected chi connectivity index (χ0v) is 15.7. The quantitative estimate of drug-likeness (QED) is 0.599. The van der Waals surface area contributed by atoms with Gasteiger partial charge in [-0.3, -0.25) is 4.79 Å². The molecule has 1 saturated heterocycles. The highest BCUT2D eigenvalue weighted by Gasteiger charge is 2.48. The van der Waals surface area contributed by atoms with Crippen LogP contribution in [0.3, 0.4) is 0 Å². The van der Waals surface area contributed by atoms with Crippen LogP contribution in [0.2, 0.25) is 0 Å². The molecule has 0 bridgehead atoms. The van der Waals surface area contributed by atoms with Crippen molar-refractivity contribution in [2.45, 2.75) is 58.3 Å². The molecule has 6 nitrogen and oxygen atoms in total. The number of allylic oxidation sites excluding steroid dienone is 2. The molecule has 5 atom stereocenters. The van der Waals surface area contributed by atoms with Crippen molar-refractivity contribution < 1.29 is 29.0 Å². The average Bonchev–Trinajstić information content (AvgIpc) is 2.84. The first-order valence-electron chi connectivity index (χ1n) is 8.75. The van der Waals surface area contributed by atoms with Gasteiger partial charge in [0.05, 0.1) is 5.92 Å². The van der Waals surface area contributed by atoms with E-state index in [1.165, 1.54) is 13.0 Å². The van der Waals surface area contributed by atoms with Crippen LogP contribution in [0.1, 0.15) is 40.5 Å². The molecule has 142 valence electrons. The van der Waals surface area contributed by atoms with Crippen molar-refractivity contribution in [1.29, 1.82) is 0 Å². The normalized spacial score (nSPS) is 37.0. The van der Waals surface area contributed by atoms with Crippen molar-refractivity contribution in [1.82, 2.24) is 0 Å². The second-order valence-corrected chi connectivity index (χ2v) is 7.32. The Labute approximate surface area is 153 Å². The van der Waals surface area contributed by atoms with Gasteiger partial charge in [-0.1, -0.05) is 25.7 Å². The van der Waals surface area contributed by atoms with Gasteiger partial charge in [-0.25, -0.2) is 9.59 Å². The first-order chi connectivity index (χ1) is 12.1. The van der Waals surface area contributed by atoms with Gasteiger partial charge in [-0.05, 0) is 39.2 Å². The summed E-state index contributed by atoms with van der Waals surface area (Å²) < 4.78 is 11.0. The van der Waals surface area contributed by atoms with Crippen molar-refractivity contribution in [3.05, 3.63) is 36.0 Å². The van der Waals surface area contributed by atoms with Gasteiger partial charge in [0.25, 0.3) is 0 Å². The van der Waals surface area contributed by atoms with Crippen LogP contribution in [0.5, 0.6) is 0 Å². The summed E-state index contributed by atoms with van der Waals surface area (Å²) in [5, 5.41) is 10.6. The van der Waals surface area contributed by atoms with Gasteiger partial charge in [0.15, 0.2) is 5.78 Å². The SMILES string of the molecule is C=C1C(=O)O[C@@H]2C[C@@H](C)/C=C\C(=O)[C@](C)(O)C[C@@H](OC(=O)/C(C)=C\C)[C@@H]12. The molecule has 0 saturated carbocycles. The molecule has 2 aliphatic rings. The smallest absolute Gasteiger partial charge is 0.334 e. The summed E-state index contributed by atoms with van der Waals surface area (Å²) in [6.07, 6.45) is 3.54. The summed E-state index contributed by atoms with van der Waals surface area (Å²) in [5.41, 5.74) is -1.14.